The van der Waals surface area contributed by atoms with Crippen LogP contribution in [0.1, 0.15) is 11.5 Å². The number of esters is 1. The van der Waals surface area contributed by atoms with Crippen molar-refractivity contribution >= 4 is 5.97 Å². The van der Waals surface area contributed by atoms with Crippen LogP contribution >= 0.6 is 0 Å². The Kier molecular flexibility index (Phi) is 3.92. The van der Waals surface area contributed by atoms with Gasteiger partial charge >= 0.3 is 5.97 Å². The van der Waals surface area contributed by atoms with Crippen LogP contribution in [0.2, 0.25) is 0 Å². The minimum absolute atomic E-state index is 0.0152. The van der Waals surface area contributed by atoms with Gasteiger partial charge in [0.25, 0.3) is 0 Å². The second kappa shape index (κ2) is 5.51. The maximum Gasteiger partial charge on any atom is 0.319 e. The molecule has 0 aliphatic rings. The molecule has 1 aromatic carbocycles. The molecule has 0 saturated carbocycles. The molecule has 0 aliphatic carbocycles. The fourth-order valence-corrected chi connectivity index (χ4v) is 1.47. The highest BCUT2D eigenvalue weighted by Gasteiger charge is 2.28. The van der Waals surface area contributed by atoms with E-state index in [4.69, 9.17) is 0 Å². The van der Waals surface area contributed by atoms with Gasteiger partial charge in [-0.25, -0.2) is 13.2 Å². The molecule has 0 bridgehead atoms. The van der Waals surface area contributed by atoms with E-state index in [1.54, 1.807) is 6.92 Å². The van der Waals surface area contributed by atoms with E-state index in [9.17, 15) is 26.7 Å². The van der Waals surface area contributed by atoms with Crippen LogP contribution in [0.3, 0.4) is 0 Å². The lowest BCUT2D eigenvalue weighted by molar-refractivity contribution is -0.134. The Morgan fingerprint density at radius 2 is 1.62 bits per heavy atom. The summed E-state index contributed by atoms with van der Waals surface area (Å²) in [4.78, 5) is 11.4. The van der Waals surface area contributed by atoms with E-state index < -0.39 is 47.2 Å². The number of nitrogens with zero attached hydrogens (tertiary/aromatic N) is 1. The van der Waals surface area contributed by atoms with Crippen molar-refractivity contribution in [2.24, 2.45) is 0 Å². The van der Waals surface area contributed by atoms with Crippen LogP contribution in [-0.4, -0.2) is 11.1 Å². The Morgan fingerprint density at radius 3 is 2.10 bits per heavy atom. The Labute approximate surface area is 114 Å². The lowest BCUT2D eigenvalue weighted by Crippen LogP contribution is -2.15. The number of aromatic nitrogens is 1. The number of carbonyl (C=O) groups excluding carboxylic acids is 1. The molecule has 0 unspecified atom stereocenters. The highest BCUT2D eigenvalue weighted by molar-refractivity contribution is 5.74. The summed E-state index contributed by atoms with van der Waals surface area (Å²) in [5.74, 6) is -14.1. The number of aryl methyl sites for hydroxylation is 1. The fraction of sp³-hybridized carbons (Fsp3) is 0.167. The molecule has 0 aliphatic heterocycles. The van der Waals surface area contributed by atoms with Gasteiger partial charge in [-0.15, -0.1) is 0 Å². The molecule has 1 heterocycles. The lowest BCUT2D eigenvalue weighted by atomic mass is 10.2. The molecule has 0 radical (unpaired) electrons. The SMILES string of the molecule is Cc1cc(CC(=O)Oc2c(F)c(F)c(F)c(F)c2F)on1. The van der Waals surface area contributed by atoms with Crippen LogP contribution in [0.4, 0.5) is 22.0 Å². The first kappa shape index (κ1) is 14.9. The predicted molar refractivity (Wildman–Crippen MR) is 56.8 cm³/mol. The van der Waals surface area contributed by atoms with Gasteiger partial charge in [0.2, 0.25) is 34.8 Å². The van der Waals surface area contributed by atoms with Gasteiger partial charge in [-0.3, -0.25) is 4.79 Å². The highest BCUT2D eigenvalue weighted by Crippen LogP contribution is 2.29. The van der Waals surface area contributed by atoms with Crippen molar-refractivity contribution in [3.05, 3.63) is 46.6 Å². The van der Waals surface area contributed by atoms with Gasteiger partial charge in [-0.2, -0.15) is 8.78 Å². The number of hydrogen-bond donors (Lipinski definition) is 0. The van der Waals surface area contributed by atoms with Crippen LogP contribution in [0.25, 0.3) is 0 Å². The van der Waals surface area contributed by atoms with Crippen LogP contribution in [0.5, 0.6) is 5.75 Å². The summed E-state index contributed by atoms with van der Waals surface area (Å²) in [5.41, 5.74) is 0.439. The van der Waals surface area contributed by atoms with Crippen molar-refractivity contribution in [2.45, 2.75) is 13.3 Å². The lowest BCUT2D eigenvalue weighted by Gasteiger charge is -2.07. The molecule has 2 aromatic rings. The van der Waals surface area contributed by atoms with Gasteiger partial charge in [0, 0.05) is 6.07 Å². The largest absolute Gasteiger partial charge is 0.420 e. The molecule has 4 nitrogen and oxygen atoms in total. The van der Waals surface area contributed by atoms with Crippen molar-refractivity contribution in [2.75, 3.05) is 0 Å². The van der Waals surface area contributed by atoms with E-state index in [0.717, 1.165) is 0 Å². The van der Waals surface area contributed by atoms with Crippen molar-refractivity contribution in [3.8, 4) is 5.75 Å². The van der Waals surface area contributed by atoms with Gasteiger partial charge in [0.05, 0.1) is 5.69 Å². The molecule has 0 atom stereocenters. The molecular formula is C12H6F5NO3. The third-order valence-electron chi connectivity index (χ3n) is 2.38. The molecule has 0 spiro atoms. The number of carbonyl (C=O) groups is 1. The van der Waals surface area contributed by atoms with Gasteiger partial charge in [0.1, 0.15) is 12.2 Å². The van der Waals surface area contributed by atoms with Crippen LogP contribution in [0, 0.1) is 36.0 Å². The van der Waals surface area contributed by atoms with E-state index in [0.29, 0.717) is 5.69 Å². The molecule has 0 fully saturated rings. The number of halogens is 5. The third kappa shape index (κ3) is 2.86. The quantitative estimate of drug-likeness (QED) is 0.288. The molecular weight excluding hydrogens is 301 g/mol. The van der Waals surface area contributed by atoms with Crippen LogP contribution in [-0.2, 0) is 11.2 Å². The van der Waals surface area contributed by atoms with Crippen LogP contribution in [0.15, 0.2) is 10.6 Å². The molecule has 2 rings (SSSR count). The number of ether oxygens (including phenoxy) is 1. The smallest absolute Gasteiger partial charge is 0.319 e. The summed E-state index contributed by atoms with van der Waals surface area (Å²) in [6.07, 6.45) is -0.583. The average molecular weight is 307 g/mol. The Balaban J connectivity index is 2.25. The number of hydrogen-bond acceptors (Lipinski definition) is 4. The summed E-state index contributed by atoms with van der Waals surface area (Å²) in [5, 5.41) is 3.45. The van der Waals surface area contributed by atoms with E-state index in [1.807, 2.05) is 0 Å². The standard InChI is InChI=1S/C12H6F5NO3/c1-4-2-5(21-18-4)3-6(19)20-12-10(16)8(14)7(13)9(15)11(12)17/h2H,3H2,1H3. The molecule has 21 heavy (non-hydrogen) atoms. The van der Waals surface area contributed by atoms with E-state index in [2.05, 4.69) is 14.4 Å². The molecule has 0 N–H and O–H groups in total. The van der Waals surface area contributed by atoms with Gasteiger partial charge < -0.3 is 9.26 Å². The van der Waals surface area contributed by atoms with Crippen molar-refractivity contribution in [3.63, 3.8) is 0 Å². The van der Waals surface area contributed by atoms with Crippen molar-refractivity contribution < 1.29 is 36.0 Å². The molecule has 9 heteroatoms. The summed E-state index contributed by atoms with van der Waals surface area (Å²) in [6, 6.07) is 1.35. The third-order valence-corrected chi connectivity index (χ3v) is 2.38. The van der Waals surface area contributed by atoms with E-state index in [-0.39, 0.29) is 5.76 Å². The molecule has 0 saturated heterocycles. The summed E-state index contributed by atoms with van der Waals surface area (Å²) >= 11 is 0. The zero-order chi connectivity index (χ0) is 15.7. The maximum atomic E-state index is 13.3. The number of rotatable bonds is 3. The summed E-state index contributed by atoms with van der Waals surface area (Å²) in [6.45, 7) is 1.56. The second-order valence-corrected chi connectivity index (χ2v) is 3.98. The predicted octanol–water partition coefficient (Wildman–Crippen LogP) is 2.83. The minimum atomic E-state index is -2.34. The highest BCUT2D eigenvalue weighted by atomic mass is 19.2. The van der Waals surface area contributed by atoms with Gasteiger partial charge in [-0.1, -0.05) is 5.16 Å². The zero-order valence-corrected chi connectivity index (χ0v) is 10.3. The Morgan fingerprint density at radius 1 is 1.10 bits per heavy atom. The summed E-state index contributed by atoms with van der Waals surface area (Å²) in [7, 11) is 0. The fourth-order valence-electron chi connectivity index (χ4n) is 1.47. The van der Waals surface area contributed by atoms with Crippen molar-refractivity contribution in [1.82, 2.24) is 5.16 Å². The normalized spacial score (nSPS) is 10.8. The topological polar surface area (TPSA) is 52.3 Å². The first-order valence-corrected chi connectivity index (χ1v) is 5.45. The first-order chi connectivity index (χ1) is 9.81. The zero-order valence-electron chi connectivity index (χ0n) is 10.3. The second-order valence-electron chi connectivity index (χ2n) is 3.98. The Bertz CT molecular complexity index is 684. The molecule has 112 valence electrons. The van der Waals surface area contributed by atoms with Gasteiger partial charge in [0.15, 0.2) is 0 Å². The molecule has 0 amide bonds. The minimum Gasteiger partial charge on any atom is -0.420 e. The van der Waals surface area contributed by atoms with Crippen LogP contribution < -0.4 is 4.74 Å². The molecule has 1 aromatic heterocycles. The Hall–Kier alpha value is -2.45. The van der Waals surface area contributed by atoms with E-state index in [1.165, 1.54) is 6.07 Å². The van der Waals surface area contributed by atoms with Gasteiger partial charge in [-0.05, 0) is 6.92 Å². The first-order valence-electron chi connectivity index (χ1n) is 5.45. The summed E-state index contributed by atoms with van der Waals surface area (Å²) < 4.78 is 74.0. The van der Waals surface area contributed by atoms with Crippen molar-refractivity contribution in [1.29, 1.82) is 0 Å². The monoisotopic (exact) mass is 307 g/mol. The maximum absolute atomic E-state index is 13.3. The van der Waals surface area contributed by atoms with E-state index >= 15 is 0 Å². The number of benzene rings is 1. The average Bonchev–Trinajstić information content (AvgIpc) is 2.84.